The van der Waals surface area contributed by atoms with Crippen LogP contribution in [-0.2, 0) is 26.5 Å². The highest BCUT2D eigenvalue weighted by molar-refractivity contribution is 7.98. The Morgan fingerprint density at radius 3 is 2.71 bits per heavy atom. The first-order valence-corrected chi connectivity index (χ1v) is 9.44. The minimum Gasteiger partial charge on any atom is -0.455 e. The van der Waals surface area contributed by atoms with Crippen LogP contribution in [0, 0.1) is 5.82 Å². The Hall–Kier alpha value is -1.86. The lowest BCUT2D eigenvalue weighted by molar-refractivity contribution is -0.147. The van der Waals surface area contributed by atoms with Crippen molar-refractivity contribution in [3.05, 3.63) is 58.0 Å². The number of halogens is 1. The van der Waals surface area contributed by atoms with E-state index in [4.69, 9.17) is 4.74 Å². The third-order valence-electron chi connectivity index (χ3n) is 3.02. The van der Waals surface area contributed by atoms with Crippen molar-refractivity contribution in [3.8, 4) is 0 Å². The average molecular weight is 367 g/mol. The fourth-order valence-corrected chi connectivity index (χ4v) is 3.55. The van der Waals surface area contributed by atoms with Crippen molar-refractivity contribution >= 4 is 35.0 Å². The number of nitrogens with one attached hydrogen (secondary N) is 1. The minimum atomic E-state index is -0.510. The van der Waals surface area contributed by atoms with E-state index < -0.39 is 5.97 Å². The quantitative estimate of drug-likeness (QED) is 0.547. The Kier molecular flexibility index (Phi) is 7.77. The maximum Gasteiger partial charge on any atom is 0.310 e. The molecule has 7 heteroatoms. The summed E-state index contributed by atoms with van der Waals surface area (Å²) in [7, 11) is 0. The lowest BCUT2D eigenvalue weighted by Gasteiger charge is -2.06. The maximum atomic E-state index is 12.8. The van der Waals surface area contributed by atoms with E-state index in [1.807, 2.05) is 11.4 Å². The summed E-state index contributed by atoms with van der Waals surface area (Å²) in [5.74, 6) is 0.541. The summed E-state index contributed by atoms with van der Waals surface area (Å²) in [6.07, 6.45) is 0.0181. The van der Waals surface area contributed by atoms with Gasteiger partial charge in [-0.1, -0.05) is 18.2 Å². The number of carbonyl (C=O) groups excluding carboxylic acids is 2. The number of hydrogen-bond donors (Lipinski definition) is 1. The predicted octanol–water partition coefficient (Wildman–Crippen LogP) is 3.02. The van der Waals surface area contributed by atoms with Crippen molar-refractivity contribution in [2.24, 2.45) is 0 Å². The van der Waals surface area contributed by atoms with Gasteiger partial charge in [-0.05, 0) is 29.1 Å². The molecule has 1 N–H and O–H groups in total. The predicted molar refractivity (Wildman–Crippen MR) is 94.6 cm³/mol. The van der Waals surface area contributed by atoms with Gasteiger partial charge in [0.05, 0.1) is 6.42 Å². The summed E-state index contributed by atoms with van der Waals surface area (Å²) in [4.78, 5) is 24.5. The second kappa shape index (κ2) is 10.1. The van der Waals surface area contributed by atoms with Crippen molar-refractivity contribution < 1.29 is 18.7 Å². The average Bonchev–Trinajstić information content (AvgIpc) is 3.08. The van der Waals surface area contributed by atoms with Crippen molar-refractivity contribution in [1.29, 1.82) is 0 Å². The van der Waals surface area contributed by atoms with E-state index in [-0.39, 0.29) is 24.8 Å². The molecule has 0 aliphatic heterocycles. The first-order valence-electron chi connectivity index (χ1n) is 7.40. The maximum absolute atomic E-state index is 12.8. The minimum absolute atomic E-state index is 0.0181. The largest absolute Gasteiger partial charge is 0.455 e. The second-order valence-corrected chi connectivity index (χ2v) is 7.08. The molecule has 0 aliphatic carbocycles. The van der Waals surface area contributed by atoms with Crippen molar-refractivity contribution in [2.45, 2.75) is 12.2 Å². The van der Waals surface area contributed by atoms with Crippen LogP contribution >= 0.6 is 23.1 Å². The van der Waals surface area contributed by atoms with Gasteiger partial charge >= 0.3 is 5.97 Å². The van der Waals surface area contributed by atoms with E-state index in [0.717, 1.165) is 11.5 Å². The van der Waals surface area contributed by atoms with E-state index in [9.17, 15) is 14.0 Å². The van der Waals surface area contributed by atoms with Gasteiger partial charge in [-0.2, -0.15) is 11.8 Å². The number of rotatable bonds is 9. The number of hydrogen-bond acceptors (Lipinski definition) is 5. The van der Waals surface area contributed by atoms with Crippen LogP contribution in [-0.4, -0.2) is 30.8 Å². The van der Waals surface area contributed by atoms with Crippen LogP contribution in [0.1, 0.15) is 10.4 Å². The Balaban J connectivity index is 1.53. The number of esters is 1. The zero-order valence-electron chi connectivity index (χ0n) is 13.0. The summed E-state index contributed by atoms with van der Waals surface area (Å²) < 4.78 is 17.7. The standard InChI is InChI=1S/C17H18FNO3S2/c18-14-5-3-13(4-6-14)10-17(21)22-11-16(20)19-7-9-23-12-15-2-1-8-24-15/h1-6,8H,7,9-12H2,(H,19,20). The molecule has 1 amide bonds. The lowest BCUT2D eigenvalue weighted by atomic mass is 10.1. The molecule has 2 rings (SSSR count). The number of thiophene rings is 1. The molecule has 0 fully saturated rings. The molecule has 2 aromatic rings. The van der Waals surface area contributed by atoms with E-state index in [2.05, 4.69) is 11.4 Å². The molecular weight excluding hydrogens is 349 g/mol. The topological polar surface area (TPSA) is 55.4 Å². The van der Waals surface area contributed by atoms with Crippen molar-refractivity contribution in [3.63, 3.8) is 0 Å². The van der Waals surface area contributed by atoms with E-state index in [1.54, 1.807) is 23.1 Å². The van der Waals surface area contributed by atoms with Gasteiger partial charge < -0.3 is 10.1 Å². The molecule has 4 nitrogen and oxygen atoms in total. The molecule has 1 heterocycles. The normalized spacial score (nSPS) is 10.4. The molecule has 0 saturated heterocycles. The van der Waals surface area contributed by atoms with Crippen LogP contribution in [0.2, 0.25) is 0 Å². The van der Waals surface area contributed by atoms with E-state index in [0.29, 0.717) is 12.1 Å². The van der Waals surface area contributed by atoms with Gasteiger partial charge in [-0.15, -0.1) is 11.3 Å². The zero-order chi connectivity index (χ0) is 17.2. The first kappa shape index (κ1) is 18.5. The fraction of sp³-hybridized carbons (Fsp3) is 0.294. The zero-order valence-corrected chi connectivity index (χ0v) is 14.6. The first-order chi connectivity index (χ1) is 11.6. The molecular formula is C17H18FNO3S2. The van der Waals surface area contributed by atoms with Crippen LogP contribution < -0.4 is 5.32 Å². The molecule has 1 aromatic carbocycles. The molecule has 1 aromatic heterocycles. The SMILES string of the molecule is O=C(COC(=O)Cc1ccc(F)cc1)NCCSCc1cccs1. The molecule has 0 bridgehead atoms. The summed E-state index contributed by atoms with van der Waals surface area (Å²) in [5, 5.41) is 4.75. The Morgan fingerprint density at radius 2 is 2.00 bits per heavy atom. The fourth-order valence-electron chi connectivity index (χ4n) is 1.85. The van der Waals surface area contributed by atoms with Crippen LogP contribution in [0.25, 0.3) is 0 Å². The smallest absolute Gasteiger partial charge is 0.310 e. The number of benzene rings is 1. The van der Waals surface area contributed by atoms with Crippen molar-refractivity contribution in [1.82, 2.24) is 5.32 Å². The molecule has 24 heavy (non-hydrogen) atoms. The Morgan fingerprint density at radius 1 is 1.21 bits per heavy atom. The van der Waals surface area contributed by atoms with Gasteiger partial charge in [0.1, 0.15) is 5.82 Å². The highest BCUT2D eigenvalue weighted by Crippen LogP contribution is 2.16. The summed E-state index contributed by atoms with van der Waals surface area (Å²) in [6.45, 7) is 0.236. The number of carbonyl (C=O) groups is 2. The second-order valence-electron chi connectivity index (χ2n) is 4.95. The molecule has 0 saturated carbocycles. The molecule has 0 unspecified atom stereocenters. The Labute approximate surface area is 148 Å². The molecule has 0 atom stereocenters. The Bertz CT molecular complexity index is 644. The summed E-state index contributed by atoms with van der Waals surface area (Å²) in [6, 6.07) is 9.69. The third kappa shape index (κ3) is 7.14. The molecule has 0 radical (unpaired) electrons. The number of ether oxygens (including phenoxy) is 1. The molecule has 128 valence electrons. The van der Waals surface area contributed by atoms with E-state index in [1.165, 1.54) is 29.1 Å². The van der Waals surface area contributed by atoms with Gasteiger partial charge in [0, 0.05) is 22.9 Å². The molecule has 0 spiro atoms. The number of thioether (sulfide) groups is 1. The van der Waals surface area contributed by atoms with Gasteiger partial charge in [0.25, 0.3) is 5.91 Å². The van der Waals surface area contributed by atoms with Crippen LogP contribution in [0.3, 0.4) is 0 Å². The molecule has 0 aliphatic rings. The van der Waals surface area contributed by atoms with Gasteiger partial charge in [0.2, 0.25) is 0 Å². The van der Waals surface area contributed by atoms with Gasteiger partial charge in [-0.3, -0.25) is 9.59 Å². The highest BCUT2D eigenvalue weighted by Gasteiger charge is 2.08. The van der Waals surface area contributed by atoms with Gasteiger partial charge in [0.15, 0.2) is 6.61 Å². The lowest BCUT2D eigenvalue weighted by Crippen LogP contribution is -2.30. The van der Waals surface area contributed by atoms with Crippen LogP contribution in [0.5, 0.6) is 0 Å². The van der Waals surface area contributed by atoms with Gasteiger partial charge in [-0.25, -0.2) is 4.39 Å². The van der Waals surface area contributed by atoms with Crippen LogP contribution in [0.4, 0.5) is 4.39 Å². The van der Waals surface area contributed by atoms with E-state index >= 15 is 0 Å². The monoisotopic (exact) mass is 367 g/mol. The number of amides is 1. The summed E-state index contributed by atoms with van der Waals surface area (Å²) in [5.41, 5.74) is 0.645. The highest BCUT2D eigenvalue weighted by atomic mass is 32.2. The summed E-state index contributed by atoms with van der Waals surface area (Å²) >= 11 is 3.45. The van der Waals surface area contributed by atoms with Crippen LogP contribution in [0.15, 0.2) is 41.8 Å². The third-order valence-corrected chi connectivity index (χ3v) is 5.09. The van der Waals surface area contributed by atoms with Crippen molar-refractivity contribution in [2.75, 3.05) is 18.9 Å².